The maximum Gasteiger partial charge on any atom is 0.321 e. The second kappa shape index (κ2) is 7.75. The van der Waals surface area contributed by atoms with Crippen molar-refractivity contribution in [1.29, 1.82) is 0 Å². The van der Waals surface area contributed by atoms with Gasteiger partial charge in [0.2, 0.25) is 5.91 Å². The minimum Gasteiger partial charge on any atom is -0.465 e. The Bertz CT molecular complexity index is 613. The number of anilines is 1. The maximum absolute atomic E-state index is 11.8. The van der Waals surface area contributed by atoms with Gasteiger partial charge in [0.1, 0.15) is 11.5 Å². The van der Waals surface area contributed by atoms with Crippen LogP contribution in [0, 0.1) is 0 Å². The number of para-hydroxylation sites is 1. The van der Waals surface area contributed by atoms with Gasteiger partial charge >= 0.3 is 5.97 Å². The van der Waals surface area contributed by atoms with Crippen LogP contribution in [0.3, 0.4) is 0 Å². The number of carbonyl (C=O) groups is 2. The predicted octanol–water partition coefficient (Wildman–Crippen LogP) is 0.0617. The fourth-order valence-electron chi connectivity index (χ4n) is 1.64. The molecule has 0 aliphatic carbocycles. The molecule has 0 aliphatic rings. The van der Waals surface area contributed by atoms with E-state index in [2.05, 4.69) is 10.1 Å². The molecule has 0 saturated heterocycles. The van der Waals surface area contributed by atoms with Crippen molar-refractivity contribution in [2.75, 3.05) is 23.4 Å². The molecule has 1 aromatic carbocycles. The molecule has 1 aromatic rings. The number of hydrogen-bond acceptors (Lipinski definition) is 6. The van der Waals surface area contributed by atoms with Gasteiger partial charge in [0.15, 0.2) is 9.84 Å². The summed E-state index contributed by atoms with van der Waals surface area (Å²) in [7, 11) is -3.86. The van der Waals surface area contributed by atoms with Crippen LogP contribution < -0.4 is 11.1 Å². The smallest absolute Gasteiger partial charge is 0.321 e. The van der Waals surface area contributed by atoms with E-state index < -0.39 is 33.2 Å². The molecule has 8 heteroatoms. The zero-order chi connectivity index (χ0) is 15.9. The fourth-order valence-corrected chi connectivity index (χ4v) is 2.66. The number of sulfone groups is 1. The third-order valence-electron chi connectivity index (χ3n) is 2.51. The van der Waals surface area contributed by atoms with Crippen LogP contribution in [-0.4, -0.2) is 38.4 Å². The van der Waals surface area contributed by atoms with Gasteiger partial charge in [-0.05, 0) is 18.6 Å². The molecule has 1 rings (SSSR count). The molecule has 0 spiro atoms. The first-order valence-electron chi connectivity index (χ1n) is 6.32. The summed E-state index contributed by atoms with van der Waals surface area (Å²) in [6.45, 7) is 1.87. The number of ether oxygens (including phenoxy) is 1. The highest BCUT2D eigenvalue weighted by molar-refractivity contribution is 7.92. The first kappa shape index (κ1) is 17.1. The summed E-state index contributed by atoms with van der Waals surface area (Å²) in [5.74, 6) is -3.19. The van der Waals surface area contributed by atoms with Gasteiger partial charge in [-0.15, -0.1) is 0 Å². The molecule has 0 saturated carbocycles. The molecule has 3 N–H and O–H groups in total. The van der Waals surface area contributed by atoms with Crippen LogP contribution in [0.5, 0.6) is 0 Å². The topological polar surface area (TPSA) is 116 Å². The molecule has 7 nitrogen and oxygen atoms in total. The second-order valence-electron chi connectivity index (χ2n) is 4.25. The van der Waals surface area contributed by atoms with Gasteiger partial charge < -0.3 is 15.8 Å². The van der Waals surface area contributed by atoms with E-state index in [1.807, 2.05) is 0 Å². The van der Waals surface area contributed by atoms with E-state index in [1.165, 1.54) is 0 Å². The van der Waals surface area contributed by atoms with Gasteiger partial charge in [-0.25, -0.2) is 8.42 Å². The number of benzene rings is 1. The van der Waals surface area contributed by atoms with Gasteiger partial charge in [-0.3, -0.25) is 9.59 Å². The number of rotatable bonds is 7. The molecular formula is C13H18N2O5S. The predicted molar refractivity (Wildman–Crippen MR) is 78.2 cm³/mol. The summed E-state index contributed by atoms with van der Waals surface area (Å²) in [5, 5.41) is 2.47. The average molecular weight is 314 g/mol. The molecule has 21 heavy (non-hydrogen) atoms. The second-order valence-corrected chi connectivity index (χ2v) is 6.31. The van der Waals surface area contributed by atoms with Crippen LogP contribution in [0.1, 0.15) is 12.5 Å². The highest BCUT2D eigenvalue weighted by atomic mass is 32.2. The summed E-state index contributed by atoms with van der Waals surface area (Å²) < 4.78 is 27.9. The van der Waals surface area contributed by atoms with E-state index in [0.717, 1.165) is 0 Å². The standard InChI is InChI=1S/C13H18N2O5S/c1-2-20-13(17)9-21(18,19)8-12(16)15-11-6-4-3-5-10(11)7-14/h3-6H,2,7-9,14H2,1H3,(H,15,16). The monoisotopic (exact) mass is 314 g/mol. The van der Waals surface area contributed by atoms with Crippen LogP contribution in [0.15, 0.2) is 24.3 Å². The zero-order valence-corrected chi connectivity index (χ0v) is 12.5. The van der Waals surface area contributed by atoms with Crippen LogP contribution in [-0.2, 0) is 30.7 Å². The fraction of sp³-hybridized carbons (Fsp3) is 0.385. The van der Waals surface area contributed by atoms with Crippen molar-refractivity contribution < 1.29 is 22.7 Å². The first-order chi connectivity index (χ1) is 9.88. The molecule has 0 unspecified atom stereocenters. The Labute approximate surface area is 123 Å². The minimum absolute atomic E-state index is 0.0877. The van der Waals surface area contributed by atoms with Gasteiger partial charge in [0.25, 0.3) is 0 Å². The molecule has 0 radical (unpaired) electrons. The zero-order valence-electron chi connectivity index (χ0n) is 11.7. The Morgan fingerprint density at radius 3 is 2.52 bits per heavy atom. The van der Waals surface area contributed by atoms with E-state index in [0.29, 0.717) is 11.3 Å². The Balaban J connectivity index is 2.66. The lowest BCUT2D eigenvalue weighted by molar-refractivity contribution is -0.139. The lowest BCUT2D eigenvalue weighted by Crippen LogP contribution is -2.28. The molecule has 0 atom stereocenters. The Hall–Kier alpha value is -1.93. The molecule has 0 aliphatic heterocycles. The summed E-state index contributed by atoms with van der Waals surface area (Å²) in [4.78, 5) is 22.9. The minimum atomic E-state index is -3.86. The van der Waals surface area contributed by atoms with E-state index in [4.69, 9.17) is 5.73 Å². The molecule has 0 heterocycles. The summed E-state index contributed by atoms with van der Waals surface area (Å²) in [5.41, 5.74) is 6.67. The van der Waals surface area contributed by atoms with Crippen molar-refractivity contribution in [1.82, 2.24) is 0 Å². The lowest BCUT2D eigenvalue weighted by Gasteiger charge is -2.09. The van der Waals surface area contributed by atoms with Crippen LogP contribution in [0.4, 0.5) is 5.69 Å². The highest BCUT2D eigenvalue weighted by Gasteiger charge is 2.22. The van der Waals surface area contributed by atoms with Crippen molar-refractivity contribution in [2.45, 2.75) is 13.5 Å². The molecular weight excluding hydrogens is 296 g/mol. The highest BCUT2D eigenvalue weighted by Crippen LogP contribution is 2.14. The van der Waals surface area contributed by atoms with Crippen LogP contribution in [0.25, 0.3) is 0 Å². The van der Waals surface area contributed by atoms with E-state index in [1.54, 1.807) is 31.2 Å². The Morgan fingerprint density at radius 1 is 1.24 bits per heavy atom. The normalized spacial score (nSPS) is 11.0. The van der Waals surface area contributed by atoms with Gasteiger partial charge in [0, 0.05) is 12.2 Å². The van der Waals surface area contributed by atoms with Crippen molar-refractivity contribution in [3.8, 4) is 0 Å². The van der Waals surface area contributed by atoms with Gasteiger partial charge in [-0.1, -0.05) is 18.2 Å². The SMILES string of the molecule is CCOC(=O)CS(=O)(=O)CC(=O)Nc1ccccc1CN. The molecule has 0 fully saturated rings. The van der Waals surface area contributed by atoms with Gasteiger partial charge in [0.05, 0.1) is 6.61 Å². The number of carbonyl (C=O) groups excluding carboxylic acids is 2. The van der Waals surface area contributed by atoms with Crippen LogP contribution in [0.2, 0.25) is 0 Å². The molecule has 1 amide bonds. The lowest BCUT2D eigenvalue weighted by atomic mass is 10.2. The Kier molecular flexibility index (Phi) is 6.32. The maximum atomic E-state index is 11.8. The van der Waals surface area contributed by atoms with Crippen molar-refractivity contribution >= 4 is 27.4 Å². The summed E-state index contributed by atoms with van der Waals surface area (Å²) in [6, 6.07) is 6.80. The van der Waals surface area contributed by atoms with E-state index in [9.17, 15) is 18.0 Å². The van der Waals surface area contributed by atoms with Crippen molar-refractivity contribution in [2.24, 2.45) is 5.73 Å². The third-order valence-corrected chi connectivity index (χ3v) is 3.88. The van der Waals surface area contributed by atoms with E-state index >= 15 is 0 Å². The number of esters is 1. The first-order valence-corrected chi connectivity index (χ1v) is 8.14. The van der Waals surface area contributed by atoms with Crippen molar-refractivity contribution in [3.63, 3.8) is 0 Å². The average Bonchev–Trinajstić information content (AvgIpc) is 2.37. The molecule has 0 aromatic heterocycles. The number of nitrogens with two attached hydrogens (primary N) is 1. The number of amides is 1. The van der Waals surface area contributed by atoms with Gasteiger partial charge in [-0.2, -0.15) is 0 Å². The number of nitrogens with one attached hydrogen (secondary N) is 1. The summed E-state index contributed by atoms with van der Waals surface area (Å²) in [6.07, 6.45) is 0. The third kappa shape index (κ3) is 5.92. The molecule has 116 valence electrons. The Morgan fingerprint density at radius 2 is 1.90 bits per heavy atom. The largest absolute Gasteiger partial charge is 0.465 e. The van der Waals surface area contributed by atoms with E-state index in [-0.39, 0.29) is 13.2 Å². The van der Waals surface area contributed by atoms with Crippen molar-refractivity contribution in [3.05, 3.63) is 29.8 Å². The summed E-state index contributed by atoms with van der Waals surface area (Å²) >= 11 is 0. The van der Waals surface area contributed by atoms with Crippen LogP contribution >= 0.6 is 0 Å². The quantitative estimate of drug-likeness (QED) is 0.688. The number of hydrogen-bond donors (Lipinski definition) is 2. The molecule has 0 bridgehead atoms.